The maximum atomic E-state index is 3.53. The van der Waals surface area contributed by atoms with Gasteiger partial charge in [-0.15, -0.1) is 0 Å². The number of likely N-dealkylation sites (tertiary alicyclic amines) is 1. The van der Waals surface area contributed by atoms with E-state index in [0.29, 0.717) is 6.04 Å². The Labute approximate surface area is 113 Å². The molecule has 1 atom stereocenters. The van der Waals surface area contributed by atoms with Gasteiger partial charge < -0.3 is 15.1 Å². The van der Waals surface area contributed by atoms with Gasteiger partial charge in [0.25, 0.3) is 0 Å². The molecule has 0 aromatic rings. The monoisotopic (exact) mass is 253 g/mol. The van der Waals surface area contributed by atoms with Gasteiger partial charge in [0.05, 0.1) is 0 Å². The molecule has 2 rings (SSSR count). The van der Waals surface area contributed by atoms with E-state index in [9.17, 15) is 0 Å². The van der Waals surface area contributed by atoms with E-state index < -0.39 is 0 Å². The summed E-state index contributed by atoms with van der Waals surface area (Å²) >= 11 is 0. The van der Waals surface area contributed by atoms with Crippen LogP contribution in [0.4, 0.5) is 0 Å². The van der Waals surface area contributed by atoms with Gasteiger partial charge in [-0.2, -0.15) is 0 Å². The van der Waals surface area contributed by atoms with Gasteiger partial charge in [0.15, 0.2) is 0 Å². The summed E-state index contributed by atoms with van der Waals surface area (Å²) in [7, 11) is 0. The quantitative estimate of drug-likeness (QED) is 0.806. The Morgan fingerprint density at radius 1 is 1.11 bits per heavy atom. The molecule has 3 nitrogen and oxygen atoms in total. The van der Waals surface area contributed by atoms with Crippen molar-refractivity contribution in [1.29, 1.82) is 0 Å². The number of nitrogens with one attached hydrogen (secondary N) is 1. The minimum Gasteiger partial charge on any atom is -0.312 e. The van der Waals surface area contributed by atoms with Crippen LogP contribution in [0.5, 0.6) is 0 Å². The van der Waals surface area contributed by atoms with E-state index in [1.165, 1.54) is 71.5 Å². The van der Waals surface area contributed by atoms with Gasteiger partial charge in [0.1, 0.15) is 0 Å². The SMILES string of the molecule is CCCCN1CCC(CN2CCNC(C)C2)CC1. The Hall–Kier alpha value is -0.120. The Bertz CT molecular complexity index is 224. The molecule has 1 unspecified atom stereocenters. The molecule has 0 radical (unpaired) electrons. The van der Waals surface area contributed by atoms with Crippen molar-refractivity contribution in [2.75, 3.05) is 45.8 Å². The lowest BCUT2D eigenvalue weighted by Gasteiger charge is -2.37. The fourth-order valence-corrected chi connectivity index (χ4v) is 3.32. The summed E-state index contributed by atoms with van der Waals surface area (Å²) in [4.78, 5) is 5.34. The first-order valence-corrected chi connectivity index (χ1v) is 7.96. The van der Waals surface area contributed by atoms with Gasteiger partial charge in [-0.05, 0) is 51.7 Å². The van der Waals surface area contributed by atoms with E-state index >= 15 is 0 Å². The molecule has 0 aromatic heterocycles. The fraction of sp³-hybridized carbons (Fsp3) is 1.00. The summed E-state index contributed by atoms with van der Waals surface area (Å²) in [5, 5.41) is 3.53. The van der Waals surface area contributed by atoms with Gasteiger partial charge in [0, 0.05) is 32.2 Å². The van der Waals surface area contributed by atoms with Crippen LogP contribution in [0.15, 0.2) is 0 Å². The van der Waals surface area contributed by atoms with Crippen LogP contribution in [-0.2, 0) is 0 Å². The Morgan fingerprint density at radius 3 is 2.56 bits per heavy atom. The van der Waals surface area contributed by atoms with Crippen LogP contribution in [0.2, 0.25) is 0 Å². The Balaban J connectivity index is 1.63. The second-order valence-corrected chi connectivity index (χ2v) is 6.25. The summed E-state index contributed by atoms with van der Waals surface area (Å²) < 4.78 is 0. The van der Waals surface area contributed by atoms with Crippen molar-refractivity contribution < 1.29 is 0 Å². The molecule has 0 aromatic carbocycles. The van der Waals surface area contributed by atoms with Crippen LogP contribution in [0.3, 0.4) is 0 Å². The average Bonchev–Trinajstić information content (AvgIpc) is 2.38. The summed E-state index contributed by atoms with van der Waals surface area (Å²) in [6.45, 7) is 13.6. The van der Waals surface area contributed by atoms with Crippen molar-refractivity contribution in [3.05, 3.63) is 0 Å². The van der Waals surface area contributed by atoms with Crippen molar-refractivity contribution in [3.63, 3.8) is 0 Å². The first kappa shape index (κ1) is 14.3. The normalized spacial score (nSPS) is 28.7. The lowest BCUT2D eigenvalue weighted by atomic mass is 9.95. The van der Waals surface area contributed by atoms with E-state index in [0.717, 1.165) is 5.92 Å². The highest BCUT2D eigenvalue weighted by Crippen LogP contribution is 2.19. The molecule has 1 N–H and O–H groups in total. The number of hydrogen-bond donors (Lipinski definition) is 1. The maximum absolute atomic E-state index is 3.53. The number of unbranched alkanes of at least 4 members (excludes halogenated alkanes) is 1. The van der Waals surface area contributed by atoms with Gasteiger partial charge in [-0.1, -0.05) is 13.3 Å². The zero-order chi connectivity index (χ0) is 12.8. The molecule has 0 amide bonds. The highest BCUT2D eigenvalue weighted by molar-refractivity contribution is 4.80. The number of hydrogen-bond acceptors (Lipinski definition) is 3. The third-order valence-corrected chi connectivity index (χ3v) is 4.50. The zero-order valence-electron chi connectivity index (χ0n) is 12.3. The maximum Gasteiger partial charge on any atom is 0.0167 e. The molecule has 18 heavy (non-hydrogen) atoms. The van der Waals surface area contributed by atoms with Gasteiger partial charge in [-0.3, -0.25) is 0 Å². The van der Waals surface area contributed by atoms with Crippen molar-refractivity contribution in [2.45, 2.75) is 45.6 Å². The standard InChI is InChI=1S/C15H31N3/c1-3-4-8-17-9-5-15(6-10-17)13-18-11-7-16-14(2)12-18/h14-16H,3-13H2,1-2H3. The van der Waals surface area contributed by atoms with Gasteiger partial charge in [-0.25, -0.2) is 0 Å². The van der Waals surface area contributed by atoms with Gasteiger partial charge >= 0.3 is 0 Å². The number of piperidine rings is 1. The Morgan fingerprint density at radius 2 is 1.89 bits per heavy atom. The summed E-state index contributed by atoms with van der Waals surface area (Å²) in [5.41, 5.74) is 0. The molecular weight excluding hydrogens is 222 g/mol. The van der Waals surface area contributed by atoms with E-state index in [1.807, 2.05) is 0 Å². The molecule has 106 valence electrons. The smallest absolute Gasteiger partial charge is 0.0167 e. The second kappa shape index (κ2) is 7.46. The first-order valence-electron chi connectivity index (χ1n) is 7.96. The van der Waals surface area contributed by atoms with E-state index in [-0.39, 0.29) is 0 Å². The topological polar surface area (TPSA) is 18.5 Å². The van der Waals surface area contributed by atoms with E-state index in [4.69, 9.17) is 0 Å². The minimum atomic E-state index is 0.684. The third-order valence-electron chi connectivity index (χ3n) is 4.50. The summed E-state index contributed by atoms with van der Waals surface area (Å²) in [6, 6.07) is 0.684. The highest BCUT2D eigenvalue weighted by atomic mass is 15.2. The molecule has 0 saturated carbocycles. The van der Waals surface area contributed by atoms with E-state index in [1.54, 1.807) is 0 Å². The molecule has 2 aliphatic rings. The van der Waals surface area contributed by atoms with Crippen LogP contribution in [0.1, 0.15) is 39.5 Å². The minimum absolute atomic E-state index is 0.684. The summed E-state index contributed by atoms with van der Waals surface area (Å²) in [6.07, 6.45) is 5.54. The molecule has 3 heteroatoms. The summed E-state index contributed by atoms with van der Waals surface area (Å²) in [5.74, 6) is 0.952. The largest absolute Gasteiger partial charge is 0.312 e. The number of piperazine rings is 1. The van der Waals surface area contributed by atoms with Gasteiger partial charge in [0.2, 0.25) is 0 Å². The van der Waals surface area contributed by atoms with Crippen LogP contribution in [0, 0.1) is 5.92 Å². The molecule has 0 bridgehead atoms. The molecule has 2 aliphatic heterocycles. The number of rotatable bonds is 5. The van der Waals surface area contributed by atoms with E-state index in [2.05, 4.69) is 29.0 Å². The predicted octanol–water partition coefficient (Wildman–Crippen LogP) is 1.79. The van der Waals surface area contributed by atoms with Crippen LogP contribution in [0.25, 0.3) is 0 Å². The third kappa shape index (κ3) is 4.52. The second-order valence-electron chi connectivity index (χ2n) is 6.25. The molecule has 2 fully saturated rings. The molecule has 0 spiro atoms. The van der Waals surface area contributed by atoms with Crippen molar-refractivity contribution in [3.8, 4) is 0 Å². The molecular formula is C15H31N3. The van der Waals surface area contributed by atoms with Crippen molar-refractivity contribution >= 4 is 0 Å². The molecule has 0 aliphatic carbocycles. The van der Waals surface area contributed by atoms with Crippen molar-refractivity contribution in [2.24, 2.45) is 5.92 Å². The zero-order valence-corrected chi connectivity index (χ0v) is 12.3. The predicted molar refractivity (Wildman–Crippen MR) is 78.0 cm³/mol. The number of nitrogens with zero attached hydrogens (tertiary/aromatic N) is 2. The fourth-order valence-electron chi connectivity index (χ4n) is 3.32. The lowest BCUT2D eigenvalue weighted by Crippen LogP contribution is -2.51. The highest BCUT2D eigenvalue weighted by Gasteiger charge is 2.23. The van der Waals surface area contributed by atoms with Crippen LogP contribution >= 0.6 is 0 Å². The average molecular weight is 253 g/mol. The van der Waals surface area contributed by atoms with Crippen LogP contribution < -0.4 is 5.32 Å². The van der Waals surface area contributed by atoms with Crippen molar-refractivity contribution in [1.82, 2.24) is 15.1 Å². The lowest BCUT2D eigenvalue weighted by molar-refractivity contribution is 0.125. The van der Waals surface area contributed by atoms with Crippen LogP contribution in [-0.4, -0.2) is 61.7 Å². The Kier molecular flexibility index (Phi) is 5.93. The molecule has 2 saturated heterocycles. The molecule has 2 heterocycles. The first-order chi connectivity index (χ1) is 8.78.